The minimum atomic E-state index is -0.931. The summed E-state index contributed by atoms with van der Waals surface area (Å²) >= 11 is 6.12. The minimum absolute atomic E-state index is 0.0727. The first-order valence-electron chi connectivity index (χ1n) is 7.70. The number of anilines is 1. The van der Waals surface area contributed by atoms with Gasteiger partial charge in [-0.3, -0.25) is 19.6 Å². The van der Waals surface area contributed by atoms with Gasteiger partial charge >= 0.3 is 5.97 Å². The van der Waals surface area contributed by atoms with E-state index in [9.17, 15) is 9.59 Å². The molecule has 2 aromatic heterocycles. The number of amides is 1. The van der Waals surface area contributed by atoms with Gasteiger partial charge in [0.15, 0.2) is 0 Å². The molecule has 0 aliphatic carbocycles. The SMILES string of the molecule is O=C(O)CCn1cc(C(=O)Nc2ncn(Cc3ccccc3Cl)n2)cn1. The molecule has 0 aliphatic heterocycles. The molecule has 0 saturated carbocycles. The summed E-state index contributed by atoms with van der Waals surface area (Å²) in [6, 6.07) is 7.39. The second-order valence-electron chi connectivity index (χ2n) is 5.45. The number of aliphatic carboxylic acids is 1. The van der Waals surface area contributed by atoms with Crippen molar-refractivity contribution in [2.45, 2.75) is 19.5 Å². The highest BCUT2D eigenvalue weighted by atomic mass is 35.5. The zero-order valence-electron chi connectivity index (χ0n) is 13.5. The van der Waals surface area contributed by atoms with Crippen LogP contribution in [-0.4, -0.2) is 41.5 Å². The van der Waals surface area contributed by atoms with Crippen LogP contribution in [-0.2, 0) is 17.9 Å². The van der Waals surface area contributed by atoms with E-state index in [1.54, 1.807) is 10.7 Å². The molecule has 0 radical (unpaired) electrons. The minimum Gasteiger partial charge on any atom is -0.481 e. The monoisotopic (exact) mass is 374 g/mol. The Kier molecular flexibility index (Phi) is 5.28. The summed E-state index contributed by atoms with van der Waals surface area (Å²) in [4.78, 5) is 26.8. The van der Waals surface area contributed by atoms with Crippen molar-refractivity contribution in [3.05, 3.63) is 59.1 Å². The second-order valence-corrected chi connectivity index (χ2v) is 5.85. The summed E-state index contributed by atoms with van der Waals surface area (Å²) in [5.41, 5.74) is 1.18. The van der Waals surface area contributed by atoms with E-state index in [1.807, 2.05) is 18.2 Å². The normalized spacial score (nSPS) is 10.7. The van der Waals surface area contributed by atoms with Crippen LogP contribution >= 0.6 is 11.6 Å². The van der Waals surface area contributed by atoms with Crippen molar-refractivity contribution in [3.8, 4) is 0 Å². The summed E-state index contributed by atoms with van der Waals surface area (Å²) in [7, 11) is 0. The number of hydrogen-bond donors (Lipinski definition) is 2. The number of benzene rings is 1. The van der Waals surface area contributed by atoms with E-state index < -0.39 is 11.9 Å². The molecule has 3 aromatic rings. The van der Waals surface area contributed by atoms with Gasteiger partial charge in [-0.1, -0.05) is 29.8 Å². The third kappa shape index (κ3) is 4.45. The van der Waals surface area contributed by atoms with Gasteiger partial charge in [-0.2, -0.15) is 5.10 Å². The molecule has 134 valence electrons. The Morgan fingerprint density at radius 1 is 1.23 bits per heavy atom. The summed E-state index contributed by atoms with van der Waals surface area (Å²) in [5.74, 6) is -1.21. The number of rotatable bonds is 7. The van der Waals surface area contributed by atoms with Crippen molar-refractivity contribution in [2.75, 3.05) is 5.32 Å². The molecule has 0 saturated heterocycles. The maximum Gasteiger partial charge on any atom is 0.305 e. The van der Waals surface area contributed by atoms with Gasteiger partial charge < -0.3 is 5.11 Å². The second kappa shape index (κ2) is 7.79. The van der Waals surface area contributed by atoms with Crippen LogP contribution in [0.25, 0.3) is 0 Å². The van der Waals surface area contributed by atoms with E-state index in [-0.39, 0.29) is 24.5 Å². The van der Waals surface area contributed by atoms with E-state index in [0.29, 0.717) is 11.6 Å². The van der Waals surface area contributed by atoms with E-state index in [0.717, 1.165) is 5.56 Å². The highest BCUT2D eigenvalue weighted by molar-refractivity contribution is 6.31. The number of aryl methyl sites for hydroxylation is 1. The van der Waals surface area contributed by atoms with E-state index in [1.165, 1.54) is 23.4 Å². The molecule has 0 spiro atoms. The Bertz CT molecular complexity index is 935. The number of aromatic nitrogens is 5. The molecule has 9 nitrogen and oxygen atoms in total. The van der Waals surface area contributed by atoms with Gasteiger partial charge in [0.25, 0.3) is 5.91 Å². The van der Waals surface area contributed by atoms with Gasteiger partial charge in [0.1, 0.15) is 6.33 Å². The first-order valence-corrected chi connectivity index (χ1v) is 8.07. The predicted molar refractivity (Wildman–Crippen MR) is 93.0 cm³/mol. The summed E-state index contributed by atoms with van der Waals surface area (Å²) < 4.78 is 2.96. The van der Waals surface area contributed by atoms with Gasteiger partial charge in [-0.15, -0.1) is 5.10 Å². The number of nitrogens with one attached hydrogen (secondary N) is 1. The average molecular weight is 375 g/mol. The number of carboxylic acid groups (broad SMARTS) is 1. The molecule has 1 amide bonds. The summed E-state index contributed by atoms with van der Waals surface area (Å²) in [6.07, 6.45) is 4.25. The first kappa shape index (κ1) is 17.6. The Morgan fingerprint density at radius 2 is 2.04 bits per heavy atom. The molecule has 0 bridgehead atoms. The van der Waals surface area contributed by atoms with Crippen LogP contribution in [0.4, 0.5) is 5.95 Å². The van der Waals surface area contributed by atoms with Crippen LogP contribution in [0.1, 0.15) is 22.3 Å². The van der Waals surface area contributed by atoms with Crippen molar-refractivity contribution in [2.24, 2.45) is 0 Å². The third-order valence-electron chi connectivity index (χ3n) is 3.50. The number of hydrogen-bond acceptors (Lipinski definition) is 5. The van der Waals surface area contributed by atoms with Crippen molar-refractivity contribution in [3.63, 3.8) is 0 Å². The van der Waals surface area contributed by atoms with E-state index in [4.69, 9.17) is 16.7 Å². The molecular formula is C16H15ClN6O3. The lowest BCUT2D eigenvalue weighted by Gasteiger charge is -2.03. The molecule has 10 heteroatoms. The lowest BCUT2D eigenvalue weighted by molar-refractivity contribution is -0.137. The maximum absolute atomic E-state index is 12.2. The Balaban J connectivity index is 1.61. The zero-order valence-corrected chi connectivity index (χ0v) is 14.3. The Hall–Kier alpha value is -3.20. The molecule has 2 heterocycles. The van der Waals surface area contributed by atoms with Crippen molar-refractivity contribution < 1.29 is 14.7 Å². The van der Waals surface area contributed by atoms with Crippen LogP contribution < -0.4 is 5.32 Å². The highest BCUT2D eigenvalue weighted by Crippen LogP contribution is 2.16. The molecule has 1 aromatic carbocycles. The third-order valence-corrected chi connectivity index (χ3v) is 3.87. The lowest BCUT2D eigenvalue weighted by Crippen LogP contribution is -2.13. The van der Waals surface area contributed by atoms with Crippen LogP contribution in [0.2, 0.25) is 5.02 Å². The van der Waals surface area contributed by atoms with Crippen LogP contribution in [0.15, 0.2) is 43.0 Å². The van der Waals surface area contributed by atoms with Crippen molar-refractivity contribution in [1.82, 2.24) is 24.5 Å². The number of halogens is 1. The quantitative estimate of drug-likeness (QED) is 0.652. The predicted octanol–water partition coefficient (Wildman–Crippen LogP) is 1.90. The van der Waals surface area contributed by atoms with Gasteiger partial charge in [-0.25, -0.2) is 9.67 Å². The largest absolute Gasteiger partial charge is 0.481 e. The van der Waals surface area contributed by atoms with Gasteiger partial charge in [0.2, 0.25) is 5.95 Å². The average Bonchev–Trinajstić information content (AvgIpc) is 3.24. The van der Waals surface area contributed by atoms with Crippen LogP contribution in [0.3, 0.4) is 0 Å². The highest BCUT2D eigenvalue weighted by Gasteiger charge is 2.12. The Labute approximate surface area is 153 Å². The van der Waals surface area contributed by atoms with Gasteiger partial charge in [0, 0.05) is 11.2 Å². The molecule has 3 rings (SSSR count). The topological polar surface area (TPSA) is 115 Å². The molecule has 0 atom stereocenters. The van der Waals surface area contributed by atoms with Gasteiger partial charge in [-0.05, 0) is 11.6 Å². The number of nitrogens with zero attached hydrogens (tertiary/aromatic N) is 5. The zero-order chi connectivity index (χ0) is 18.5. The van der Waals surface area contributed by atoms with E-state index >= 15 is 0 Å². The van der Waals surface area contributed by atoms with Crippen molar-refractivity contribution in [1.29, 1.82) is 0 Å². The molecule has 2 N–H and O–H groups in total. The number of carboxylic acids is 1. The Morgan fingerprint density at radius 3 is 2.81 bits per heavy atom. The molecule has 0 fully saturated rings. The lowest BCUT2D eigenvalue weighted by atomic mass is 10.2. The number of carbonyl (C=O) groups is 2. The van der Waals surface area contributed by atoms with Gasteiger partial charge in [0.05, 0.1) is 31.3 Å². The molecule has 0 unspecified atom stereocenters. The maximum atomic E-state index is 12.2. The smallest absolute Gasteiger partial charge is 0.305 e. The molecule has 0 aliphatic rings. The summed E-state index contributed by atoms with van der Waals surface area (Å²) in [6.45, 7) is 0.614. The van der Waals surface area contributed by atoms with Crippen molar-refractivity contribution >= 4 is 29.4 Å². The standard InChI is InChI=1S/C16H15ClN6O3/c17-13-4-2-1-3-11(13)8-23-10-18-16(21-23)20-15(26)12-7-19-22(9-12)6-5-14(24)25/h1-4,7,9-10H,5-6,8H2,(H,24,25)(H,20,21,26). The summed E-state index contributed by atoms with van der Waals surface area (Å²) in [5, 5.41) is 20.0. The van der Waals surface area contributed by atoms with Crippen LogP contribution in [0, 0.1) is 0 Å². The molecular weight excluding hydrogens is 360 g/mol. The fourth-order valence-corrected chi connectivity index (χ4v) is 2.41. The fourth-order valence-electron chi connectivity index (χ4n) is 2.22. The van der Waals surface area contributed by atoms with E-state index in [2.05, 4.69) is 20.5 Å². The van der Waals surface area contributed by atoms with Crippen LogP contribution in [0.5, 0.6) is 0 Å². The fraction of sp³-hybridized carbons (Fsp3) is 0.188. The number of carbonyl (C=O) groups excluding carboxylic acids is 1. The first-order chi connectivity index (χ1) is 12.5. The molecule has 26 heavy (non-hydrogen) atoms.